The Balaban J connectivity index is 1.57. The van der Waals surface area contributed by atoms with Gasteiger partial charge in [0.15, 0.2) is 10.4 Å². The lowest BCUT2D eigenvalue weighted by molar-refractivity contribution is -0.126. The van der Waals surface area contributed by atoms with Crippen molar-refractivity contribution in [3.8, 4) is 0 Å². The number of furan rings is 1. The maximum absolute atomic E-state index is 12.6. The summed E-state index contributed by atoms with van der Waals surface area (Å²) in [7, 11) is 0. The predicted octanol–water partition coefficient (Wildman–Crippen LogP) is 5.99. The van der Waals surface area contributed by atoms with Gasteiger partial charge < -0.3 is 9.73 Å². The Kier molecular flexibility index (Phi) is 7.36. The number of benzene rings is 1. The Bertz CT molecular complexity index is 966. The van der Waals surface area contributed by atoms with Crippen LogP contribution in [0.15, 0.2) is 50.6 Å². The number of nitrogens with one attached hydrogen (secondary N) is 2. The zero-order valence-corrected chi connectivity index (χ0v) is 20.1. The first-order valence-corrected chi connectivity index (χ1v) is 11.4. The van der Waals surface area contributed by atoms with Crippen LogP contribution in [0.4, 0.5) is 5.69 Å². The van der Waals surface area contributed by atoms with Gasteiger partial charge in [0.1, 0.15) is 0 Å². The molecule has 7 heteroatoms. The molecule has 0 unspecified atom stereocenters. The fourth-order valence-corrected chi connectivity index (χ4v) is 4.27. The molecule has 0 saturated heterocycles. The highest BCUT2D eigenvalue weighted by Crippen LogP contribution is 2.39. The Hall–Kier alpha value is -2.41. The SMILES string of the molecule is C/C(=N/NC(=O)C1CCC(C(C)(C)C)CC1)c1cccc(NC(=O)c2ccc(Br)o2)c1. The van der Waals surface area contributed by atoms with E-state index in [1.807, 2.05) is 25.1 Å². The van der Waals surface area contributed by atoms with Crippen LogP contribution in [0.2, 0.25) is 0 Å². The largest absolute Gasteiger partial charge is 0.444 e. The third-order valence-corrected chi connectivity index (χ3v) is 6.42. The highest BCUT2D eigenvalue weighted by atomic mass is 79.9. The maximum atomic E-state index is 12.6. The van der Waals surface area contributed by atoms with Gasteiger partial charge in [0.25, 0.3) is 5.91 Å². The van der Waals surface area contributed by atoms with Crippen molar-refractivity contribution in [3.63, 3.8) is 0 Å². The summed E-state index contributed by atoms with van der Waals surface area (Å²) in [6.45, 7) is 8.66. The molecule has 166 valence electrons. The molecule has 0 atom stereocenters. The van der Waals surface area contributed by atoms with Crippen LogP contribution < -0.4 is 10.7 Å². The topological polar surface area (TPSA) is 83.7 Å². The molecular formula is C24H30BrN3O3. The number of rotatable bonds is 5. The zero-order valence-electron chi connectivity index (χ0n) is 18.5. The molecular weight excluding hydrogens is 458 g/mol. The van der Waals surface area contributed by atoms with Gasteiger partial charge in [-0.2, -0.15) is 5.10 Å². The minimum Gasteiger partial charge on any atom is -0.444 e. The second kappa shape index (κ2) is 9.81. The van der Waals surface area contributed by atoms with Gasteiger partial charge in [0.05, 0.1) is 5.71 Å². The molecule has 2 aromatic rings. The van der Waals surface area contributed by atoms with Crippen molar-refractivity contribution in [1.82, 2.24) is 5.43 Å². The van der Waals surface area contributed by atoms with E-state index in [-0.39, 0.29) is 23.5 Å². The number of carbonyl (C=O) groups is 2. The first-order valence-electron chi connectivity index (χ1n) is 10.6. The van der Waals surface area contributed by atoms with Gasteiger partial charge in [-0.25, -0.2) is 5.43 Å². The third kappa shape index (κ3) is 6.29. The maximum Gasteiger partial charge on any atom is 0.291 e. The molecule has 0 aliphatic heterocycles. The third-order valence-electron chi connectivity index (χ3n) is 5.99. The molecule has 0 bridgehead atoms. The van der Waals surface area contributed by atoms with Crippen LogP contribution in [-0.2, 0) is 4.79 Å². The van der Waals surface area contributed by atoms with Crippen molar-refractivity contribution in [2.75, 3.05) is 5.32 Å². The van der Waals surface area contributed by atoms with Gasteiger partial charge in [-0.05, 0) is 89.7 Å². The standard InChI is InChI=1S/C24H30BrN3O3/c1-15(27-28-22(29)16-8-10-18(11-9-16)24(2,3)4)17-6-5-7-19(14-17)26-23(30)20-12-13-21(25)31-20/h5-7,12-14,16,18H,8-11H2,1-4H3,(H,26,30)(H,28,29)/b27-15-. The quantitative estimate of drug-likeness (QED) is 0.401. The molecule has 1 saturated carbocycles. The first-order chi connectivity index (χ1) is 14.6. The number of halogens is 1. The molecule has 6 nitrogen and oxygen atoms in total. The Morgan fingerprint density at radius 3 is 2.42 bits per heavy atom. The van der Waals surface area contributed by atoms with Crippen LogP contribution in [0.5, 0.6) is 0 Å². The van der Waals surface area contributed by atoms with Crippen LogP contribution in [0, 0.1) is 17.3 Å². The zero-order chi connectivity index (χ0) is 22.6. The lowest BCUT2D eigenvalue weighted by Crippen LogP contribution is -2.33. The number of hydrogen-bond donors (Lipinski definition) is 2. The van der Waals surface area contributed by atoms with Crippen molar-refractivity contribution in [1.29, 1.82) is 0 Å². The lowest BCUT2D eigenvalue weighted by atomic mass is 9.70. The van der Waals surface area contributed by atoms with Crippen molar-refractivity contribution >= 4 is 39.1 Å². The van der Waals surface area contributed by atoms with E-state index in [0.717, 1.165) is 31.2 Å². The average molecular weight is 488 g/mol. The van der Waals surface area contributed by atoms with Crippen molar-refractivity contribution in [3.05, 3.63) is 52.4 Å². The molecule has 1 aliphatic rings. The Morgan fingerprint density at radius 1 is 1.10 bits per heavy atom. The molecule has 1 aliphatic carbocycles. The van der Waals surface area contributed by atoms with Crippen molar-refractivity contribution < 1.29 is 14.0 Å². The summed E-state index contributed by atoms with van der Waals surface area (Å²) in [6.07, 6.45) is 3.98. The minimum absolute atomic E-state index is 0.0143. The molecule has 1 fully saturated rings. The van der Waals surface area contributed by atoms with Gasteiger partial charge in [-0.1, -0.05) is 32.9 Å². The van der Waals surface area contributed by atoms with Crippen LogP contribution in [0.25, 0.3) is 0 Å². The molecule has 2 amide bonds. The summed E-state index contributed by atoms with van der Waals surface area (Å²) in [6, 6.07) is 10.6. The summed E-state index contributed by atoms with van der Waals surface area (Å²) < 4.78 is 5.77. The smallest absolute Gasteiger partial charge is 0.291 e. The minimum atomic E-state index is -0.336. The highest BCUT2D eigenvalue weighted by molar-refractivity contribution is 9.10. The van der Waals surface area contributed by atoms with Crippen LogP contribution in [0.3, 0.4) is 0 Å². The molecule has 31 heavy (non-hydrogen) atoms. The second-order valence-electron chi connectivity index (χ2n) is 9.23. The molecule has 1 aromatic heterocycles. The second-order valence-corrected chi connectivity index (χ2v) is 10.0. The molecule has 0 radical (unpaired) electrons. The van der Waals surface area contributed by atoms with Gasteiger partial charge >= 0.3 is 0 Å². The van der Waals surface area contributed by atoms with Gasteiger partial charge in [0, 0.05) is 11.6 Å². The van der Waals surface area contributed by atoms with Crippen LogP contribution in [-0.4, -0.2) is 17.5 Å². The van der Waals surface area contributed by atoms with E-state index < -0.39 is 0 Å². The van der Waals surface area contributed by atoms with Gasteiger partial charge in [0.2, 0.25) is 5.91 Å². The Labute approximate surface area is 192 Å². The summed E-state index contributed by atoms with van der Waals surface area (Å²) in [4.78, 5) is 24.8. The van der Waals surface area contributed by atoms with Crippen LogP contribution >= 0.6 is 15.9 Å². The monoisotopic (exact) mass is 487 g/mol. The average Bonchev–Trinajstić information content (AvgIpc) is 3.18. The number of carbonyl (C=O) groups excluding carboxylic acids is 2. The van der Waals surface area contributed by atoms with E-state index in [1.165, 1.54) is 0 Å². The van der Waals surface area contributed by atoms with E-state index in [4.69, 9.17) is 4.42 Å². The predicted molar refractivity (Wildman–Crippen MR) is 126 cm³/mol. The number of amides is 2. The summed E-state index contributed by atoms with van der Waals surface area (Å²) in [5.74, 6) is 0.558. The van der Waals surface area contributed by atoms with E-state index >= 15 is 0 Å². The molecule has 2 N–H and O–H groups in total. The fraction of sp³-hybridized carbons (Fsp3) is 0.458. The Morgan fingerprint density at radius 2 is 1.81 bits per heavy atom. The summed E-state index contributed by atoms with van der Waals surface area (Å²) in [5.41, 5.74) is 5.14. The van der Waals surface area contributed by atoms with E-state index in [9.17, 15) is 9.59 Å². The number of hydrazone groups is 1. The number of nitrogens with zero attached hydrogens (tertiary/aromatic N) is 1. The molecule has 3 rings (SSSR count). The summed E-state index contributed by atoms with van der Waals surface area (Å²) in [5, 5.41) is 7.10. The lowest BCUT2D eigenvalue weighted by Gasteiger charge is -2.36. The fourth-order valence-electron chi connectivity index (χ4n) is 3.97. The normalized spacial score (nSPS) is 19.7. The van der Waals surface area contributed by atoms with Gasteiger partial charge in [-0.3, -0.25) is 9.59 Å². The van der Waals surface area contributed by atoms with E-state index in [0.29, 0.717) is 27.4 Å². The number of anilines is 1. The van der Waals surface area contributed by atoms with Gasteiger partial charge in [-0.15, -0.1) is 0 Å². The van der Waals surface area contributed by atoms with Crippen molar-refractivity contribution in [2.24, 2.45) is 22.4 Å². The van der Waals surface area contributed by atoms with Crippen molar-refractivity contribution in [2.45, 2.75) is 53.4 Å². The summed E-state index contributed by atoms with van der Waals surface area (Å²) >= 11 is 3.19. The van der Waals surface area contributed by atoms with E-state index in [2.05, 4.69) is 52.5 Å². The number of hydrogen-bond acceptors (Lipinski definition) is 4. The van der Waals surface area contributed by atoms with Crippen LogP contribution in [0.1, 0.15) is 69.5 Å². The molecule has 1 heterocycles. The highest BCUT2D eigenvalue weighted by Gasteiger charge is 2.32. The van der Waals surface area contributed by atoms with E-state index in [1.54, 1.807) is 18.2 Å². The first kappa shape index (κ1) is 23.3. The molecule has 1 aromatic carbocycles. The molecule has 0 spiro atoms.